The van der Waals surface area contributed by atoms with Gasteiger partial charge in [-0.1, -0.05) is 64.5 Å². The highest BCUT2D eigenvalue weighted by Gasteiger charge is 2.22. The quantitative estimate of drug-likeness (QED) is 0.686. The van der Waals surface area contributed by atoms with Crippen molar-refractivity contribution < 1.29 is 0 Å². The van der Waals surface area contributed by atoms with Crippen LogP contribution >= 0.6 is 0 Å². The largest absolute Gasteiger partial charge is 0.299 e. The second-order valence-electron chi connectivity index (χ2n) is 8.87. The highest BCUT2D eigenvalue weighted by atomic mass is 15.1. The molecule has 0 aromatic heterocycles. The standard InChI is InChI=1S/C22H35N/c1-16-12-17(2)14-23(13-16)15-18(3)19(4)20-8-10-21(11-9-20)22(5,6)7/h8-11,16-17H,12-15H2,1-7H3. The van der Waals surface area contributed by atoms with Crippen molar-refractivity contribution in [2.75, 3.05) is 19.6 Å². The van der Waals surface area contributed by atoms with Crippen molar-refractivity contribution in [3.8, 4) is 0 Å². The van der Waals surface area contributed by atoms with Crippen molar-refractivity contribution in [3.63, 3.8) is 0 Å². The van der Waals surface area contributed by atoms with Gasteiger partial charge < -0.3 is 0 Å². The van der Waals surface area contributed by atoms with Crippen molar-refractivity contribution >= 4 is 5.57 Å². The van der Waals surface area contributed by atoms with Crippen molar-refractivity contribution in [2.45, 2.75) is 60.3 Å². The van der Waals surface area contributed by atoms with Crippen LogP contribution < -0.4 is 0 Å². The Balaban J connectivity index is 2.10. The molecule has 1 aromatic carbocycles. The Morgan fingerprint density at radius 3 is 2.00 bits per heavy atom. The Labute approximate surface area is 143 Å². The van der Waals surface area contributed by atoms with Crippen LogP contribution in [0, 0.1) is 11.8 Å². The van der Waals surface area contributed by atoms with Crippen LogP contribution in [0.15, 0.2) is 29.8 Å². The van der Waals surface area contributed by atoms with E-state index in [0.29, 0.717) is 0 Å². The molecule has 2 atom stereocenters. The SMILES string of the molecule is CC(CN1CC(C)CC(C)C1)=C(C)c1ccc(C(C)(C)C)cc1. The van der Waals surface area contributed by atoms with Crippen molar-refractivity contribution in [1.29, 1.82) is 0 Å². The molecule has 0 radical (unpaired) electrons. The van der Waals surface area contributed by atoms with Gasteiger partial charge in [0.25, 0.3) is 0 Å². The average molecular weight is 314 g/mol. The zero-order valence-electron chi connectivity index (χ0n) is 16.2. The molecule has 0 N–H and O–H groups in total. The Morgan fingerprint density at radius 1 is 1.00 bits per heavy atom. The summed E-state index contributed by atoms with van der Waals surface area (Å²) in [5.41, 5.74) is 5.95. The molecule has 0 spiro atoms. The number of hydrogen-bond acceptors (Lipinski definition) is 1. The van der Waals surface area contributed by atoms with Crippen molar-refractivity contribution in [2.24, 2.45) is 11.8 Å². The van der Waals surface area contributed by atoms with Crippen LogP contribution in [-0.2, 0) is 5.41 Å². The van der Waals surface area contributed by atoms with Gasteiger partial charge in [-0.2, -0.15) is 0 Å². The van der Waals surface area contributed by atoms with E-state index in [-0.39, 0.29) is 5.41 Å². The fourth-order valence-electron chi connectivity index (χ4n) is 3.84. The van der Waals surface area contributed by atoms with Gasteiger partial charge in [0.15, 0.2) is 0 Å². The number of likely N-dealkylation sites (tertiary alicyclic amines) is 1. The zero-order chi connectivity index (χ0) is 17.2. The molecular formula is C22H35N. The van der Waals surface area contributed by atoms with Crippen LogP contribution in [0.1, 0.15) is 66.0 Å². The van der Waals surface area contributed by atoms with Gasteiger partial charge in [-0.25, -0.2) is 0 Å². The van der Waals surface area contributed by atoms with E-state index < -0.39 is 0 Å². The maximum absolute atomic E-state index is 2.64. The number of hydrogen-bond donors (Lipinski definition) is 0. The minimum Gasteiger partial charge on any atom is -0.299 e. The summed E-state index contributed by atoms with van der Waals surface area (Å²) in [6.07, 6.45) is 1.38. The molecule has 1 heteroatoms. The molecule has 128 valence electrons. The normalized spacial score (nSPS) is 24.5. The number of piperidine rings is 1. The minimum atomic E-state index is 0.227. The first-order valence-corrected chi connectivity index (χ1v) is 9.16. The first kappa shape index (κ1) is 18.3. The summed E-state index contributed by atoms with van der Waals surface area (Å²) in [5, 5.41) is 0. The van der Waals surface area contributed by atoms with E-state index in [1.54, 1.807) is 0 Å². The lowest BCUT2D eigenvalue weighted by Crippen LogP contribution is -2.39. The van der Waals surface area contributed by atoms with Gasteiger partial charge in [0.1, 0.15) is 0 Å². The van der Waals surface area contributed by atoms with Crippen LogP contribution in [0.2, 0.25) is 0 Å². The fourth-order valence-corrected chi connectivity index (χ4v) is 3.84. The van der Waals surface area contributed by atoms with Gasteiger partial charge in [0.05, 0.1) is 0 Å². The van der Waals surface area contributed by atoms with Crippen molar-refractivity contribution in [3.05, 3.63) is 41.0 Å². The molecule has 0 saturated carbocycles. The molecule has 23 heavy (non-hydrogen) atoms. The third-order valence-electron chi connectivity index (χ3n) is 5.23. The van der Waals surface area contributed by atoms with Crippen LogP contribution in [0.4, 0.5) is 0 Å². The molecule has 2 unspecified atom stereocenters. The van der Waals surface area contributed by atoms with E-state index in [2.05, 4.69) is 77.6 Å². The van der Waals surface area contributed by atoms with E-state index >= 15 is 0 Å². The first-order valence-electron chi connectivity index (χ1n) is 9.16. The predicted octanol–water partition coefficient (Wildman–Crippen LogP) is 5.76. The molecule has 1 heterocycles. The van der Waals surface area contributed by atoms with Gasteiger partial charge in [-0.15, -0.1) is 0 Å². The zero-order valence-corrected chi connectivity index (χ0v) is 16.2. The Hall–Kier alpha value is -1.08. The summed E-state index contributed by atoms with van der Waals surface area (Å²) < 4.78 is 0. The van der Waals surface area contributed by atoms with Crippen LogP contribution in [-0.4, -0.2) is 24.5 Å². The molecule has 0 amide bonds. The molecule has 1 aliphatic rings. The third-order valence-corrected chi connectivity index (χ3v) is 5.23. The molecule has 0 bridgehead atoms. The maximum atomic E-state index is 2.64. The fraction of sp³-hybridized carbons (Fsp3) is 0.636. The monoisotopic (exact) mass is 313 g/mol. The summed E-state index contributed by atoms with van der Waals surface area (Å²) in [7, 11) is 0. The number of allylic oxidation sites excluding steroid dienone is 1. The second-order valence-corrected chi connectivity index (χ2v) is 8.87. The van der Waals surface area contributed by atoms with E-state index in [9.17, 15) is 0 Å². The molecule has 1 fully saturated rings. The number of rotatable bonds is 3. The molecule has 2 rings (SSSR count). The second kappa shape index (κ2) is 7.21. The third kappa shape index (κ3) is 4.94. The molecule has 0 aliphatic carbocycles. The Kier molecular flexibility index (Phi) is 5.73. The maximum Gasteiger partial charge on any atom is 0.0196 e. The van der Waals surface area contributed by atoms with Crippen LogP contribution in [0.5, 0.6) is 0 Å². The number of nitrogens with zero attached hydrogens (tertiary/aromatic N) is 1. The van der Waals surface area contributed by atoms with E-state index in [0.717, 1.165) is 18.4 Å². The summed E-state index contributed by atoms with van der Waals surface area (Å²) in [5.74, 6) is 1.66. The smallest absolute Gasteiger partial charge is 0.0196 e. The summed E-state index contributed by atoms with van der Waals surface area (Å²) in [6, 6.07) is 9.16. The first-order chi connectivity index (χ1) is 10.7. The lowest BCUT2D eigenvalue weighted by atomic mass is 9.86. The Morgan fingerprint density at radius 2 is 1.52 bits per heavy atom. The minimum absolute atomic E-state index is 0.227. The Bertz CT molecular complexity index is 534. The molecular weight excluding hydrogens is 278 g/mol. The lowest BCUT2D eigenvalue weighted by molar-refractivity contribution is 0.152. The highest BCUT2D eigenvalue weighted by Crippen LogP contribution is 2.27. The van der Waals surface area contributed by atoms with Gasteiger partial charge in [-0.05, 0) is 54.2 Å². The van der Waals surface area contributed by atoms with E-state index in [1.807, 2.05) is 0 Å². The topological polar surface area (TPSA) is 3.24 Å². The van der Waals surface area contributed by atoms with Gasteiger partial charge in [0.2, 0.25) is 0 Å². The molecule has 1 aliphatic heterocycles. The predicted molar refractivity (Wildman–Crippen MR) is 103 cm³/mol. The van der Waals surface area contributed by atoms with Gasteiger partial charge in [-0.3, -0.25) is 4.90 Å². The van der Waals surface area contributed by atoms with Crippen LogP contribution in [0.25, 0.3) is 5.57 Å². The van der Waals surface area contributed by atoms with Gasteiger partial charge in [0, 0.05) is 19.6 Å². The lowest BCUT2D eigenvalue weighted by Gasteiger charge is -2.35. The van der Waals surface area contributed by atoms with Gasteiger partial charge >= 0.3 is 0 Å². The summed E-state index contributed by atoms with van der Waals surface area (Å²) >= 11 is 0. The van der Waals surface area contributed by atoms with Crippen molar-refractivity contribution in [1.82, 2.24) is 4.90 Å². The molecule has 1 nitrogen and oxygen atoms in total. The number of benzene rings is 1. The highest BCUT2D eigenvalue weighted by molar-refractivity contribution is 5.67. The molecule has 1 saturated heterocycles. The average Bonchev–Trinajstić information content (AvgIpc) is 2.44. The van der Waals surface area contributed by atoms with Crippen LogP contribution in [0.3, 0.4) is 0 Å². The van der Waals surface area contributed by atoms with E-state index in [1.165, 1.54) is 41.8 Å². The summed E-state index contributed by atoms with van der Waals surface area (Å²) in [6.45, 7) is 19.8. The summed E-state index contributed by atoms with van der Waals surface area (Å²) in [4.78, 5) is 2.64. The molecule has 1 aromatic rings. The van der Waals surface area contributed by atoms with E-state index in [4.69, 9.17) is 0 Å².